The van der Waals surface area contributed by atoms with Crippen LogP contribution >= 0.6 is 57.8 Å². The summed E-state index contributed by atoms with van der Waals surface area (Å²) in [5.41, 5.74) is 0.0908. The van der Waals surface area contributed by atoms with E-state index in [4.69, 9.17) is 29.2 Å². The molecular weight excluding hydrogens is 1100 g/mol. The van der Waals surface area contributed by atoms with Gasteiger partial charge in [-0.15, -0.1) is 0 Å². The maximum Gasteiger partial charge on any atom is 0.374 e. The minimum Gasteiger partial charge on any atom is -0.508 e. The predicted octanol–water partition coefficient (Wildman–Crippen LogP) is -2.04. The Hall–Kier alpha value is -6.45. The number of rotatable bonds is 18. The van der Waals surface area contributed by atoms with Gasteiger partial charge in [-0.05, 0) is 62.8 Å². The van der Waals surface area contributed by atoms with Crippen molar-refractivity contribution in [1.29, 1.82) is 0 Å². The number of phenolic OH excluding ortho intramolecular Hbond substituents is 1. The molecule has 7 atom stereocenters. The Balaban J connectivity index is 1.45. The molecule has 3 aromatic rings. The predicted molar refractivity (Wildman–Crippen MR) is 284 cm³/mol. The van der Waals surface area contributed by atoms with Crippen molar-refractivity contribution in [2.24, 2.45) is 0 Å². The summed E-state index contributed by atoms with van der Waals surface area (Å²) in [6, 6.07) is -4.04. The molecule has 2 aromatic heterocycles. The molecule has 1 aromatic carbocycles. The Kier molecular flexibility index (Phi) is 22.7. The van der Waals surface area contributed by atoms with Gasteiger partial charge in [-0.2, -0.15) is 21.7 Å². The number of aliphatic carboxylic acids is 1. The van der Waals surface area contributed by atoms with E-state index in [0.717, 1.165) is 21.6 Å². The second-order valence-corrected chi connectivity index (χ2v) is 21.6. The number of hydrogen-bond acceptors (Lipinski definition) is 21. The van der Waals surface area contributed by atoms with E-state index in [0.29, 0.717) is 24.2 Å². The van der Waals surface area contributed by atoms with Gasteiger partial charge in [-0.3, -0.25) is 28.8 Å². The number of aromatic nitrogens is 4. The summed E-state index contributed by atoms with van der Waals surface area (Å²) < 4.78 is 5.05. The summed E-state index contributed by atoms with van der Waals surface area (Å²) in [6.45, 7) is 0.845. The number of aromatic hydroxyl groups is 3. The highest BCUT2D eigenvalue weighted by atomic mass is 33.1. The van der Waals surface area contributed by atoms with Crippen LogP contribution < -0.4 is 37.2 Å². The Morgan fingerprint density at radius 2 is 1.63 bits per heavy atom. The molecule has 414 valence electrons. The molecule has 1 saturated heterocycles. The average molecular weight is 1160 g/mol. The second-order valence-electron chi connectivity index (χ2n) is 17.2. The first kappa shape index (κ1) is 60.4. The number of carboxylic acids is 1. The third kappa shape index (κ3) is 16.8. The van der Waals surface area contributed by atoms with Gasteiger partial charge in [0, 0.05) is 24.5 Å². The number of esters is 1. The molecule has 2 aliphatic rings. The molecule has 2 aliphatic heterocycles. The smallest absolute Gasteiger partial charge is 0.374 e. The summed E-state index contributed by atoms with van der Waals surface area (Å²) in [6.07, 6.45) is 1.89. The molecule has 0 unspecified atom stereocenters. The van der Waals surface area contributed by atoms with Crippen LogP contribution in [0.2, 0.25) is 0 Å². The highest BCUT2D eigenvalue weighted by Gasteiger charge is 2.39. The summed E-state index contributed by atoms with van der Waals surface area (Å²) in [5.74, 6) is -9.64. The number of nitrogens with one attached hydrogen (secondary N) is 9. The fourth-order valence-corrected chi connectivity index (χ4v) is 10.8. The van der Waals surface area contributed by atoms with Crippen LogP contribution in [0.1, 0.15) is 72.5 Å². The van der Waals surface area contributed by atoms with E-state index in [9.17, 15) is 69.0 Å². The fraction of sp³-hybridized carbons (Fsp3) is 0.500. The number of thioether (sulfide) groups is 1. The van der Waals surface area contributed by atoms with Crippen molar-refractivity contribution in [2.45, 2.75) is 87.9 Å². The summed E-state index contributed by atoms with van der Waals surface area (Å²) >= 11 is 12.1. The first-order valence-electron chi connectivity index (χ1n) is 23.3. The average Bonchev–Trinajstić information content (AvgIpc) is 4.13. The number of aliphatic hydroxyl groups excluding tert-OH is 2. The lowest BCUT2D eigenvalue weighted by Gasteiger charge is -2.30. The Bertz CT molecular complexity index is 2620. The number of imidazole rings is 2. The highest BCUT2D eigenvalue weighted by molar-refractivity contribution is 8.76. The number of amides is 6. The van der Waals surface area contributed by atoms with Gasteiger partial charge < -0.3 is 87.5 Å². The van der Waals surface area contributed by atoms with Crippen LogP contribution in [0.5, 0.6) is 17.5 Å². The van der Waals surface area contributed by atoms with E-state index < -0.39 is 127 Å². The largest absolute Gasteiger partial charge is 0.508 e. The Morgan fingerprint density at radius 1 is 0.921 bits per heavy atom. The number of H-pyrrole nitrogens is 2. The molecule has 27 nitrogen and oxygen atoms in total. The van der Waals surface area contributed by atoms with Crippen LogP contribution in [0, 0.1) is 0 Å². The lowest BCUT2D eigenvalue weighted by molar-refractivity contribution is -0.142. The molecule has 6 amide bonds. The van der Waals surface area contributed by atoms with Crippen molar-refractivity contribution in [3.8, 4) is 17.5 Å². The van der Waals surface area contributed by atoms with Crippen LogP contribution in [0.4, 0.5) is 0 Å². The quantitative estimate of drug-likeness (QED) is 0.0371. The Labute approximate surface area is 456 Å². The number of nitrogens with zero attached hydrogens (tertiary/aromatic N) is 3. The molecule has 32 heteroatoms. The fourth-order valence-electron chi connectivity index (χ4n) is 7.46. The van der Waals surface area contributed by atoms with Gasteiger partial charge in [0.1, 0.15) is 69.2 Å². The highest BCUT2D eigenvalue weighted by Crippen LogP contribution is 2.33. The molecule has 4 heterocycles. The van der Waals surface area contributed by atoms with Gasteiger partial charge in [-0.25, -0.2) is 9.59 Å². The molecule has 76 heavy (non-hydrogen) atoms. The second kappa shape index (κ2) is 28.6. The number of thiocarbonyl (C=S) groups is 2. The number of aromatic amines is 2. The van der Waals surface area contributed by atoms with Gasteiger partial charge in [0.15, 0.2) is 0 Å². The number of carboxylic acid groups (broad SMARTS) is 1. The van der Waals surface area contributed by atoms with Crippen LogP contribution in [0.3, 0.4) is 0 Å². The normalized spacial score (nSPS) is 20.4. The standard InChI is InChI=1S/C44H58N12O15S5/c1-19(2)71-44(70)33-53-30(38(65)55-33)40(72)45-14-29(60)46-24(15-57)34(61)49-27-18-76-75-17-26(36(63)47-22(43(68)69)10-12-74-3)50-35(62)25(16-58)51-41(73)31-39(66)54-32(52-31)28-5-4-11-56(28)42(67)23(48-37(27)64)13-20-6-8-21(59)9-7-20/h6-9,19,22-28,57-59,65-66H,4-5,10-18H2,1-3H3,(H,45,72)(H,46,60)(H,47,63)(H,48,64)(H,49,61)(H,50,62)(H,51,73)(H,52,54)(H,53,55)(H,68,69)/t22-,23+,24-,25-,26-,27-,28-/m0/s1. The van der Waals surface area contributed by atoms with Crippen molar-refractivity contribution in [3.63, 3.8) is 0 Å². The van der Waals surface area contributed by atoms with E-state index in [2.05, 4.69) is 57.2 Å². The van der Waals surface area contributed by atoms with Crippen LogP contribution in [-0.2, 0) is 44.7 Å². The third-order valence-corrected chi connectivity index (χ3v) is 15.0. The zero-order valence-corrected chi connectivity index (χ0v) is 45.0. The molecule has 0 aliphatic carbocycles. The molecule has 5 rings (SSSR count). The number of carbonyl (C=O) groups excluding carboxylic acids is 7. The van der Waals surface area contributed by atoms with Crippen molar-refractivity contribution in [3.05, 3.63) is 52.9 Å². The maximum absolute atomic E-state index is 14.7. The Morgan fingerprint density at radius 3 is 2.29 bits per heavy atom. The number of fused-ring (bicyclic) bond motifs is 4. The molecule has 0 saturated carbocycles. The topological polar surface area (TPSA) is 412 Å². The lowest BCUT2D eigenvalue weighted by Crippen LogP contribution is -2.59. The number of benzene rings is 1. The van der Waals surface area contributed by atoms with Crippen molar-refractivity contribution < 1.29 is 73.7 Å². The van der Waals surface area contributed by atoms with E-state index in [1.807, 2.05) is 0 Å². The van der Waals surface area contributed by atoms with Gasteiger partial charge in [-0.1, -0.05) is 58.2 Å². The number of carbonyl (C=O) groups is 8. The van der Waals surface area contributed by atoms with E-state index in [1.54, 1.807) is 20.1 Å². The summed E-state index contributed by atoms with van der Waals surface area (Å²) in [7, 11) is 1.80. The molecular formula is C44H58N12O15S5. The monoisotopic (exact) mass is 1150 g/mol. The van der Waals surface area contributed by atoms with Crippen LogP contribution in [-0.4, -0.2) is 205 Å². The summed E-state index contributed by atoms with van der Waals surface area (Å²) in [4.78, 5) is 122. The molecule has 15 N–H and O–H groups in total. The van der Waals surface area contributed by atoms with Gasteiger partial charge >= 0.3 is 11.9 Å². The van der Waals surface area contributed by atoms with E-state index >= 15 is 0 Å². The van der Waals surface area contributed by atoms with E-state index in [1.165, 1.54) is 40.9 Å². The van der Waals surface area contributed by atoms with Gasteiger partial charge in [0.05, 0.1) is 31.9 Å². The minimum absolute atomic E-state index is 0.0225. The molecule has 0 radical (unpaired) electrons. The van der Waals surface area contributed by atoms with Crippen molar-refractivity contribution in [2.75, 3.05) is 49.8 Å². The first-order chi connectivity index (χ1) is 36.1. The third-order valence-electron chi connectivity index (χ3n) is 11.3. The maximum atomic E-state index is 14.7. The van der Waals surface area contributed by atoms with Gasteiger partial charge in [0.25, 0.3) is 0 Å². The van der Waals surface area contributed by atoms with Crippen molar-refractivity contribution in [1.82, 2.24) is 62.1 Å². The zero-order valence-electron chi connectivity index (χ0n) is 40.9. The molecule has 0 spiro atoms. The number of ether oxygens (including phenoxy) is 1. The van der Waals surface area contributed by atoms with Gasteiger partial charge in [0.2, 0.25) is 53.0 Å². The molecule has 2 bridgehead atoms. The first-order valence-corrected chi connectivity index (χ1v) is 28.0. The number of phenols is 1. The molecule has 1 fully saturated rings. The van der Waals surface area contributed by atoms with Crippen LogP contribution in [0.15, 0.2) is 24.3 Å². The van der Waals surface area contributed by atoms with Crippen molar-refractivity contribution >= 4 is 115 Å². The minimum atomic E-state index is -1.71. The SMILES string of the molecule is CSCC[C@H](NC(=O)[C@@H]1CSSC[C@H](NC(=O)[C@H](CO)NC(=O)CNC(=S)c2[nH]c(C(=O)OC(C)C)nc2O)C(=O)N[C@H](Cc2ccc(O)cc2)C(=O)N2CCC[C@H]2c2nc(O)c([nH]2)C(=S)N[C@@H](CO)C(=O)N1)C(=O)O. The number of aliphatic hydroxyl groups is 2. The number of hydrogen-bond donors (Lipinski definition) is 15. The van der Waals surface area contributed by atoms with Crippen LogP contribution in [0.25, 0.3) is 0 Å². The lowest BCUT2D eigenvalue weighted by atomic mass is 10.0. The zero-order chi connectivity index (χ0) is 55.8. The van der Waals surface area contributed by atoms with E-state index in [-0.39, 0.29) is 69.7 Å². The summed E-state index contributed by atoms with van der Waals surface area (Å²) in [5, 5.41) is 79.5.